The molecule has 0 spiro atoms. The first kappa shape index (κ1) is 29.5. The average molecular weight is 587 g/mol. The van der Waals surface area contributed by atoms with Gasteiger partial charge in [0.1, 0.15) is 18.1 Å². The van der Waals surface area contributed by atoms with E-state index in [1.807, 2.05) is 24.3 Å². The van der Waals surface area contributed by atoms with Crippen LogP contribution in [0.4, 0.5) is 11.4 Å². The van der Waals surface area contributed by atoms with Crippen LogP contribution in [0.15, 0.2) is 66.7 Å². The number of anilines is 2. The molecule has 5 rings (SSSR count). The van der Waals surface area contributed by atoms with E-state index in [9.17, 15) is 14.4 Å². The molecule has 0 unspecified atom stereocenters. The number of methoxy groups -OCH3 is 2. The van der Waals surface area contributed by atoms with Gasteiger partial charge in [0.05, 0.1) is 25.8 Å². The highest BCUT2D eigenvalue weighted by Crippen LogP contribution is 2.39. The number of benzene rings is 3. The van der Waals surface area contributed by atoms with Crippen molar-refractivity contribution >= 4 is 40.1 Å². The van der Waals surface area contributed by atoms with Crippen molar-refractivity contribution in [2.45, 2.75) is 38.5 Å². The fourth-order valence-corrected chi connectivity index (χ4v) is 5.23. The van der Waals surface area contributed by atoms with E-state index in [-0.39, 0.29) is 18.6 Å². The molecule has 0 bridgehead atoms. The van der Waals surface area contributed by atoms with E-state index in [1.54, 1.807) is 42.5 Å². The van der Waals surface area contributed by atoms with Crippen LogP contribution < -0.4 is 25.0 Å². The number of fused-ring (bicyclic) bond motifs is 1. The van der Waals surface area contributed by atoms with Gasteiger partial charge in [0.2, 0.25) is 17.7 Å². The van der Waals surface area contributed by atoms with Crippen LogP contribution in [-0.2, 0) is 25.7 Å². The Balaban J connectivity index is 1.60. The molecule has 1 aliphatic heterocycles. The average Bonchev–Trinajstić information content (AvgIpc) is 3.69. The van der Waals surface area contributed by atoms with Gasteiger partial charge < -0.3 is 24.8 Å². The molecule has 1 aliphatic rings. The van der Waals surface area contributed by atoms with Crippen molar-refractivity contribution in [2.24, 2.45) is 0 Å². The molecule has 3 aromatic carbocycles. The van der Waals surface area contributed by atoms with E-state index in [4.69, 9.17) is 14.2 Å². The topological polar surface area (TPSA) is 137 Å². The molecule has 1 aromatic heterocycles. The molecule has 43 heavy (non-hydrogen) atoms. The summed E-state index contributed by atoms with van der Waals surface area (Å²) in [5, 5.41) is 14.1. The molecule has 12 nitrogen and oxygen atoms in total. The van der Waals surface area contributed by atoms with Gasteiger partial charge in [-0.15, -0.1) is 5.10 Å². The Morgan fingerprint density at radius 2 is 1.84 bits per heavy atom. The Kier molecular flexibility index (Phi) is 9.16. The monoisotopic (exact) mass is 586 g/mol. The Hall–Kier alpha value is -4.97. The lowest BCUT2D eigenvalue weighted by Crippen LogP contribution is -2.46. The first-order valence-electron chi connectivity index (χ1n) is 14.0. The highest BCUT2D eigenvalue weighted by molar-refractivity contribution is 6.02. The molecule has 4 aromatic rings. The largest absolute Gasteiger partial charge is 0.493 e. The Labute approximate surface area is 248 Å². The highest BCUT2D eigenvalue weighted by Gasteiger charge is 2.36. The second kappa shape index (κ2) is 13.3. The third kappa shape index (κ3) is 6.59. The summed E-state index contributed by atoms with van der Waals surface area (Å²) >= 11 is 0. The van der Waals surface area contributed by atoms with Crippen LogP contribution in [0.25, 0.3) is 11.0 Å². The third-order valence-corrected chi connectivity index (χ3v) is 7.20. The Morgan fingerprint density at radius 1 is 1.05 bits per heavy atom. The smallest absolute Gasteiger partial charge is 0.249 e. The summed E-state index contributed by atoms with van der Waals surface area (Å²) in [6.07, 6.45) is 1.64. The van der Waals surface area contributed by atoms with Gasteiger partial charge in [-0.3, -0.25) is 19.3 Å². The standard InChI is InChI=1S/C31H34N6O6/c1-20(38)33-21-13-15-22(16-14-21)37(28(39)19-36-26-11-5-4-10-25(26)34-35-36)29(31(40)32-18-23-8-7-17-43-23)24-9-6-12-27(41-2)30(24)42-3/h4-6,9-16,23,29H,7-8,17-19H2,1-3H3,(H,32,40)(H,33,38)/t23-,29-/m1/s1. The number of nitrogens with zero attached hydrogens (tertiary/aromatic N) is 4. The highest BCUT2D eigenvalue weighted by atomic mass is 16.5. The van der Waals surface area contributed by atoms with E-state index >= 15 is 0 Å². The maximum absolute atomic E-state index is 14.3. The van der Waals surface area contributed by atoms with Crippen LogP contribution >= 0.6 is 0 Å². The first-order chi connectivity index (χ1) is 20.9. The summed E-state index contributed by atoms with van der Waals surface area (Å²) in [6.45, 7) is 2.15. The maximum Gasteiger partial charge on any atom is 0.249 e. The van der Waals surface area contributed by atoms with Gasteiger partial charge in [-0.2, -0.15) is 0 Å². The number of nitrogens with one attached hydrogen (secondary N) is 2. The summed E-state index contributed by atoms with van der Waals surface area (Å²) in [6, 6.07) is 18.0. The molecule has 2 atom stereocenters. The zero-order valence-electron chi connectivity index (χ0n) is 24.3. The van der Waals surface area contributed by atoms with Gasteiger partial charge in [-0.05, 0) is 55.3 Å². The number of rotatable bonds is 11. The van der Waals surface area contributed by atoms with E-state index in [2.05, 4.69) is 20.9 Å². The second-order valence-corrected chi connectivity index (χ2v) is 10.1. The number of para-hydroxylation sites is 2. The second-order valence-electron chi connectivity index (χ2n) is 10.1. The van der Waals surface area contributed by atoms with E-state index < -0.39 is 17.9 Å². The molecule has 0 radical (unpaired) electrons. The van der Waals surface area contributed by atoms with E-state index in [0.29, 0.717) is 52.6 Å². The number of amides is 3. The normalized spacial score (nSPS) is 15.1. The van der Waals surface area contributed by atoms with Crippen molar-refractivity contribution in [3.63, 3.8) is 0 Å². The lowest BCUT2D eigenvalue weighted by molar-refractivity contribution is -0.127. The predicted octanol–water partition coefficient (Wildman–Crippen LogP) is 3.48. The van der Waals surface area contributed by atoms with E-state index in [0.717, 1.165) is 12.8 Å². The fraction of sp³-hybridized carbons (Fsp3) is 0.323. The molecule has 12 heteroatoms. The van der Waals surface area contributed by atoms with Gasteiger partial charge in [0.15, 0.2) is 11.5 Å². The van der Waals surface area contributed by atoms with Crippen LogP contribution in [-0.4, -0.2) is 66.2 Å². The molecule has 0 aliphatic carbocycles. The fourth-order valence-electron chi connectivity index (χ4n) is 5.23. The number of carbonyl (C=O) groups excluding carboxylic acids is 3. The zero-order chi connectivity index (χ0) is 30.3. The summed E-state index contributed by atoms with van der Waals surface area (Å²) in [4.78, 5) is 41.6. The van der Waals surface area contributed by atoms with Gasteiger partial charge in [-0.1, -0.05) is 29.5 Å². The van der Waals surface area contributed by atoms with Crippen LogP contribution in [0.1, 0.15) is 31.4 Å². The molecule has 2 heterocycles. The SMILES string of the molecule is COc1cccc([C@H](C(=O)NC[C@H]2CCCO2)N(C(=O)Cn2nnc3ccccc32)c2ccc(NC(C)=O)cc2)c1OC. The van der Waals surface area contributed by atoms with Crippen molar-refractivity contribution in [3.8, 4) is 11.5 Å². The number of aromatic nitrogens is 3. The Morgan fingerprint density at radius 3 is 2.53 bits per heavy atom. The molecular weight excluding hydrogens is 552 g/mol. The maximum atomic E-state index is 14.3. The van der Waals surface area contributed by atoms with Crippen LogP contribution in [0.5, 0.6) is 11.5 Å². The van der Waals surface area contributed by atoms with Crippen molar-refractivity contribution in [2.75, 3.05) is 37.6 Å². The van der Waals surface area contributed by atoms with Gasteiger partial charge in [0.25, 0.3) is 0 Å². The summed E-state index contributed by atoms with van der Waals surface area (Å²) in [5.41, 5.74) is 2.71. The van der Waals surface area contributed by atoms with Crippen LogP contribution in [0.3, 0.4) is 0 Å². The molecular formula is C31H34N6O6. The molecule has 1 fully saturated rings. The third-order valence-electron chi connectivity index (χ3n) is 7.20. The van der Waals surface area contributed by atoms with Crippen LogP contribution in [0, 0.1) is 0 Å². The summed E-state index contributed by atoms with van der Waals surface area (Å²) < 4.78 is 18.5. The minimum Gasteiger partial charge on any atom is -0.493 e. The Bertz CT molecular complexity index is 1600. The molecule has 3 amide bonds. The quantitative estimate of drug-likeness (QED) is 0.273. The minimum absolute atomic E-state index is 0.112. The van der Waals surface area contributed by atoms with Crippen molar-refractivity contribution in [3.05, 3.63) is 72.3 Å². The minimum atomic E-state index is -1.17. The lowest BCUT2D eigenvalue weighted by Gasteiger charge is -2.33. The van der Waals surface area contributed by atoms with Crippen LogP contribution in [0.2, 0.25) is 0 Å². The van der Waals surface area contributed by atoms with Crippen molar-refractivity contribution < 1.29 is 28.6 Å². The number of hydrogen-bond donors (Lipinski definition) is 2. The molecule has 2 N–H and O–H groups in total. The zero-order valence-corrected chi connectivity index (χ0v) is 24.3. The van der Waals surface area contributed by atoms with E-state index in [1.165, 1.54) is 30.7 Å². The predicted molar refractivity (Wildman–Crippen MR) is 160 cm³/mol. The number of ether oxygens (including phenoxy) is 3. The number of hydrogen-bond acceptors (Lipinski definition) is 8. The van der Waals surface area contributed by atoms with Gasteiger partial charge in [0, 0.05) is 37.0 Å². The molecule has 0 saturated carbocycles. The molecule has 1 saturated heterocycles. The molecule has 224 valence electrons. The summed E-state index contributed by atoms with van der Waals surface area (Å²) in [7, 11) is 2.99. The lowest BCUT2D eigenvalue weighted by atomic mass is 10.0. The van der Waals surface area contributed by atoms with Gasteiger partial charge in [-0.25, -0.2) is 4.68 Å². The van der Waals surface area contributed by atoms with Gasteiger partial charge >= 0.3 is 0 Å². The van der Waals surface area contributed by atoms with Crippen molar-refractivity contribution in [1.82, 2.24) is 20.3 Å². The summed E-state index contributed by atoms with van der Waals surface area (Å²) in [5.74, 6) is -0.352. The number of carbonyl (C=O) groups is 3. The first-order valence-corrected chi connectivity index (χ1v) is 14.0. The van der Waals surface area contributed by atoms with Crippen molar-refractivity contribution in [1.29, 1.82) is 0 Å².